The topological polar surface area (TPSA) is 32.8 Å². The van der Waals surface area contributed by atoms with Crippen molar-refractivity contribution >= 4 is 0 Å². The lowest BCUT2D eigenvalue weighted by molar-refractivity contribution is 0.130. The number of rotatable bonds is 0. The first kappa shape index (κ1) is 9.01. The van der Waals surface area contributed by atoms with Crippen molar-refractivity contribution in [3.05, 3.63) is 0 Å². The van der Waals surface area contributed by atoms with Gasteiger partial charge in [0.1, 0.15) is 0 Å². The van der Waals surface area contributed by atoms with Gasteiger partial charge in [0.15, 0.2) is 0 Å². The molecule has 1 unspecified atom stereocenters. The Kier molecular flexibility index (Phi) is 3.87. The maximum atomic E-state index is 8.91. The van der Waals surface area contributed by atoms with E-state index in [4.69, 9.17) is 9.84 Å². The van der Waals surface area contributed by atoms with E-state index in [2.05, 4.69) is 6.92 Å². The maximum absolute atomic E-state index is 8.91. The molecule has 1 saturated carbocycles. The zero-order valence-electron chi connectivity index (χ0n) is 7.25. The fourth-order valence-corrected chi connectivity index (χ4v) is 1.18. The molecule has 2 heteroatoms. The SMILES string of the molecule is CC1CO1.OC1CCCCC1. The molecule has 66 valence electrons. The summed E-state index contributed by atoms with van der Waals surface area (Å²) in [6.45, 7) is 3.04. The molecule has 0 amide bonds. The van der Waals surface area contributed by atoms with Crippen LogP contribution in [0.25, 0.3) is 0 Å². The molecule has 2 fully saturated rings. The Bertz CT molecular complexity index is 93.7. The quantitative estimate of drug-likeness (QED) is 0.544. The summed E-state index contributed by atoms with van der Waals surface area (Å²) < 4.78 is 4.71. The Hall–Kier alpha value is -0.0800. The first-order chi connectivity index (χ1) is 5.29. The third kappa shape index (κ3) is 5.22. The van der Waals surface area contributed by atoms with Gasteiger partial charge in [-0.05, 0) is 19.8 Å². The van der Waals surface area contributed by atoms with Gasteiger partial charge in [0.2, 0.25) is 0 Å². The Labute approximate surface area is 68.6 Å². The fourth-order valence-electron chi connectivity index (χ4n) is 1.18. The zero-order valence-corrected chi connectivity index (χ0v) is 7.25. The molecule has 2 aliphatic rings. The molecular weight excluding hydrogens is 140 g/mol. The summed E-state index contributed by atoms with van der Waals surface area (Å²) in [4.78, 5) is 0. The van der Waals surface area contributed by atoms with Gasteiger partial charge < -0.3 is 9.84 Å². The van der Waals surface area contributed by atoms with Gasteiger partial charge in [-0.15, -0.1) is 0 Å². The first-order valence-corrected chi connectivity index (χ1v) is 4.58. The lowest BCUT2D eigenvalue weighted by atomic mass is 9.98. The molecule has 0 aromatic rings. The van der Waals surface area contributed by atoms with Crippen molar-refractivity contribution in [1.29, 1.82) is 0 Å². The van der Waals surface area contributed by atoms with Crippen LogP contribution in [-0.4, -0.2) is 23.9 Å². The van der Waals surface area contributed by atoms with Crippen molar-refractivity contribution in [1.82, 2.24) is 0 Å². The summed E-state index contributed by atoms with van der Waals surface area (Å²) in [7, 11) is 0. The van der Waals surface area contributed by atoms with Crippen LogP contribution in [0.15, 0.2) is 0 Å². The minimum atomic E-state index is 0.0359. The van der Waals surface area contributed by atoms with Crippen molar-refractivity contribution in [2.24, 2.45) is 0 Å². The van der Waals surface area contributed by atoms with Crippen LogP contribution in [0.2, 0.25) is 0 Å². The number of epoxide rings is 1. The van der Waals surface area contributed by atoms with Gasteiger partial charge >= 0.3 is 0 Å². The Morgan fingerprint density at radius 2 is 1.64 bits per heavy atom. The minimum absolute atomic E-state index is 0.0359. The number of aliphatic hydroxyl groups is 1. The van der Waals surface area contributed by atoms with E-state index < -0.39 is 0 Å². The van der Waals surface area contributed by atoms with Gasteiger partial charge in [-0.2, -0.15) is 0 Å². The van der Waals surface area contributed by atoms with Gasteiger partial charge in [-0.3, -0.25) is 0 Å². The van der Waals surface area contributed by atoms with Gasteiger partial charge in [0, 0.05) is 0 Å². The molecule has 0 aromatic heterocycles. The Morgan fingerprint density at radius 1 is 1.18 bits per heavy atom. The molecule has 0 bridgehead atoms. The van der Waals surface area contributed by atoms with Gasteiger partial charge in [0.25, 0.3) is 0 Å². The molecule has 1 heterocycles. The summed E-state index contributed by atoms with van der Waals surface area (Å²) in [6.07, 6.45) is 6.51. The molecule has 0 spiro atoms. The molecule has 1 atom stereocenters. The van der Waals surface area contributed by atoms with Crippen molar-refractivity contribution in [3.63, 3.8) is 0 Å². The van der Waals surface area contributed by atoms with Gasteiger partial charge in [-0.25, -0.2) is 0 Å². The molecule has 2 rings (SSSR count). The van der Waals surface area contributed by atoms with Crippen molar-refractivity contribution < 1.29 is 9.84 Å². The standard InChI is InChI=1S/C6H12O.C3H6O/c7-6-4-2-1-3-5-6;1-3-2-4-3/h6-7H,1-5H2;3H,2H2,1H3. The summed E-state index contributed by atoms with van der Waals surface area (Å²) >= 11 is 0. The highest BCUT2D eigenvalue weighted by Gasteiger charge is 2.13. The molecule has 11 heavy (non-hydrogen) atoms. The van der Waals surface area contributed by atoms with Crippen LogP contribution in [0.5, 0.6) is 0 Å². The van der Waals surface area contributed by atoms with Crippen molar-refractivity contribution in [2.45, 2.75) is 51.2 Å². The van der Waals surface area contributed by atoms with Crippen LogP contribution in [-0.2, 0) is 4.74 Å². The smallest absolute Gasteiger partial charge is 0.0781 e. The van der Waals surface area contributed by atoms with Crippen LogP contribution in [0, 0.1) is 0 Å². The van der Waals surface area contributed by atoms with Gasteiger partial charge in [0.05, 0.1) is 18.8 Å². The van der Waals surface area contributed by atoms with Crippen LogP contribution in [0.1, 0.15) is 39.0 Å². The predicted molar refractivity (Wildman–Crippen MR) is 44.5 cm³/mol. The molecular formula is C9H18O2. The molecule has 2 nitrogen and oxygen atoms in total. The lowest BCUT2D eigenvalue weighted by Gasteiger charge is -2.14. The van der Waals surface area contributed by atoms with Crippen LogP contribution in [0.4, 0.5) is 0 Å². The lowest BCUT2D eigenvalue weighted by Crippen LogP contribution is -2.09. The molecule has 1 aliphatic carbocycles. The number of hydrogen-bond acceptors (Lipinski definition) is 2. The largest absolute Gasteiger partial charge is 0.393 e. The summed E-state index contributed by atoms with van der Waals surface area (Å²) in [5, 5.41) is 8.91. The predicted octanol–water partition coefficient (Wildman–Crippen LogP) is 1.72. The highest BCUT2D eigenvalue weighted by atomic mass is 16.6. The molecule has 1 saturated heterocycles. The number of hydrogen-bond donors (Lipinski definition) is 1. The average molecular weight is 158 g/mol. The van der Waals surface area contributed by atoms with Crippen LogP contribution >= 0.6 is 0 Å². The monoisotopic (exact) mass is 158 g/mol. The van der Waals surface area contributed by atoms with E-state index in [0.29, 0.717) is 6.10 Å². The second kappa shape index (κ2) is 4.73. The number of ether oxygens (including phenoxy) is 1. The third-order valence-electron chi connectivity index (χ3n) is 2.07. The van der Waals surface area contributed by atoms with E-state index in [9.17, 15) is 0 Å². The van der Waals surface area contributed by atoms with E-state index in [1.807, 2.05) is 0 Å². The minimum Gasteiger partial charge on any atom is -0.393 e. The van der Waals surface area contributed by atoms with E-state index in [-0.39, 0.29) is 6.10 Å². The van der Waals surface area contributed by atoms with E-state index in [1.54, 1.807) is 0 Å². The molecule has 0 aromatic carbocycles. The highest BCUT2D eigenvalue weighted by Crippen LogP contribution is 2.16. The third-order valence-corrected chi connectivity index (χ3v) is 2.07. The first-order valence-electron chi connectivity index (χ1n) is 4.58. The maximum Gasteiger partial charge on any atom is 0.0781 e. The van der Waals surface area contributed by atoms with E-state index in [0.717, 1.165) is 19.4 Å². The fraction of sp³-hybridized carbons (Fsp3) is 1.00. The molecule has 1 aliphatic heterocycles. The highest BCUT2D eigenvalue weighted by molar-refractivity contribution is 4.61. The van der Waals surface area contributed by atoms with Crippen molar-refractivity contribution in [2.75, 3.05) is 6.61 Å². The second-order valence-corrected chi connectivity index (χ2v) is 3.44. The van der Waals surface area contributed by atoms with Crippen LogP contribution in [0.3, 0.4) is 0 Å². The second-order valence-electron chi connectivity index (χ2n) is 3.44. The number of aliphatic hydroxyl groups excluding tert-OH is 1. The Balaban J connectivity index is 0.000000128. The average Bonchev–Trinajstić information content (AvgIpc) is 2.75. The normalized spacial score (nSPS) is 30.5. The Morgan fingerprint density at radius 3 is 1.82 bits per heavy atom. The summed E-state index contributed by atoms with van der Waals surface area (Å²) in [5.74, 6) is 0. The van der Waals surface area contributed by atoms with E-state index >= 15 is 0 Å². The van der Waals surface area contributed by atoms with Gasteiger partial charge in [-0.1, -0.05) is 19.3 Å². The van der Waals surface area contributed by atoms with Crippen LogP contribution < -0.4 is 0 Å². The summed E-state index contributed by atoms with van der Waals surface area (Å²) in [6, 6.07) is 0. The summed E-state index contributed by atoms with van der Waals surface area (Å²) in [5.41, 5.74) is 0. The van der Waals surface area contributed by atoms with E-state index in [1.165, 1.54) is 19.3 Å². The van der Waals surface area contributed by atoms with Crippen molar-refractivity contribution in [3.8, 4) is 0 Å². The zero-order chi connectivity index (χ0) is 8.10. The molecule has 1 N–H and O–H groups in total. The molecule has 0 radical (unpaired) electrons.